The third-order valence-electron chi connectivity index (χ3n) is 2.19. The van der Waals surface area contributed by atoms with Gasteiger partial charge in [0, 0.05) is 6.54 Å². The topological polar surface area (TPSA) is 75.6 Å². The molecule has 0 aliphatic carbocycles. The van der Waals surface area contributed by atoms with Crippen molar-refractivity contribution < 1.29 is 14.6 Å². The minimum absolute atomic E-state index is 0.00238. The number of aliphatic carboxylic acids is 1. The van der Waals surface area contributed by atoms with Crippen LogP contribution in [0.1, 0.15) is 27.7 Å². The highest BCUT2D eigenvalue weighted by atomic mass is 16.5. The molecule has 1 rings (SSSR count). The van der Waals surface area contributed by atoms with Crippen LogP contribution in [-0.2, 0) is 4.79 Å². The van der Waals surface area contributed by atoms with Crippen molar-refractivity contribution in [3.8, 4) is 5.88 Å². The molecule has 0 aromatic carbocycles. The van der Waals surface area contributed by atoms with Crippen LogP contribution in [-0.4, -0.2) is 40.2 Å². The number of carboxylic acids is 1. The second-order valence-corrected chi connectivity index (χ2v) is 5.05. The molecular weight excluding hydrogens is 246 g/mol. The molecule has 1 heterocycles. The highest BCUT2D eigenvalue weighted by Crippen LogP contribution is 2.16. The zero-order valence-electron chi connectivity index (χ0n) is 11.8. The monoisotopic (exact) mass is 267 g/mol. The quantitative estimate of drug-likeness (QED) is 0.812. The fraction of sp³-hybridized carbons (Fsp3) is 0.615. The van der Waals surface area contributed by atoms with Gasteiger partial charge in [0.15, 0.2) is 5.82 Å². The molecule has 0 radical (unpaired) electrons. The molecule has 0 saturated heterocycles. The van der Waals surface area contributed by atoms with Gasteiger partial charge < -0.3 is 14.7 Å². The van der Waals surface area contributed by atoms with E-state index in [1.165, 1.54) is 6.20 Å². The van der Waals surface area contributed by atoms with Crippen molar-refractivity contribution in [1.82, 2.24) is 9.97 Å². The van der Waals surface area contributed by atoms with E-state index in [0.29, 0.717) is 24.2 Å². The van der Waals surface area contributed by atoms with E-state index in [1.54, 1.807) is 11.1 Å². The summed E-state index contributed by atoms with van der Waals surface area (Å²) >= 11 is 0. The SMILES string of the molecule is CC(C)CN(CC(=O)O)c1cncc(OC(C)C)n1. The molecule has 0 bridgehead atoms. The minimum Gasteiger partial charge on any atom is -0.480 e. The molecule has 1 aromatic rings. The lowest BCUT2D eigenvalue weighted by atomic mass is 10.2. The van der Waals surface area contributed by atoms with Gasteiger partial charge in [-0.05, 0) is 19.8 Å². The van der Waals surface area contributed by atoms with Crippen molar-refractivity contribution in [3.63, 3.8) is 0 Å². The first-order valence-electron chi connectivity index (χ1n) is 6.34. The number of anilines is 1. The minimum atomic E-state index is -0.891. The average Bonchev–Trinajstić information content (AvgIpc) is 2.26. The van der Waals surface area contributed by atoms with Crippen molar-refractivity contribution in [1.29, 1.82) is 0 Å². The number of carboxylic acid groups (broad SMARTS) is 1. The van der Waals surface area contributed by atoms with Gasteiger partial charge in [-0.3, -0.25) is 9.78 Å². The number of hydrogen-bond acceptors (Lipinski definition) is 5. The van der Waals surface area contributed by atoms with E-state index in [9.17, 15) is 4.79 Å². The maximum atomic E-state index is 10.9. The molecule has 1 N–H and O–H groups in total. The van der Waals surface area contributed by atoms with Crippen molar-refractivity contribution in [2.24, 2.45) is 5.92 Å². The summed E-state index contributed by atoms with van der Waals surface area (Å²) in [4.78, 5) is 20.9. The molecule has 0 saturated carbocycles. The molecule has 0 fully saturated rings. The third-order valence-corrected chi connectivity index (χ3v) is 2.19. The van der Waals surface area contributed by atoms with E-state index < -0.39 is 5.97 Å². The summed E-state index contributed by atoms with van der Waals surface area (Å²) in [6, 6.07) is 0. The van der Waals surface area contributed by atoms with Gasteiger partial charge in [0.25, 0.3) is 0 Å². The van der Waals surface area contributed by atoms with Gasteiger partial charge in [0.1, 0.15) is 6.54 Å². The van der Waals surface area contributed by atoms with Crippen molar-refractivity contribution in [2.75, 3.05) is 18.0 Å². The van der Waals surface area contributed by atoms with Crippen LogP contribution in [0.25, 0.3) is 0 Å². The van der Waals surface area contributed by atoms with Gasteiger partial charge in [-0.25, -0.2) is 0 Å². The normalized spacial score (nSPS) is 10.8. The molecule has 6 nitrogen and oxygen atoms in total. The Labute approximate surface area is 113 Å². The summed E-state index contributed by atoms with van der Waals surface area (Å²) in [7, 11) is 0. The molecule has 0 atom stereocenters. The standard InChI is InChI=1S/C13H21N3O3/c1-9(2)7-16(8-13(17)18)11-5-14-6-12(15-11)19-10(3)4/h5-6,9-10H,7-8H2,1-4H3,(H,17,18). The van der Waals surface area contributed by atoms with E-state index >= 15 is 0 Å². The maximum Gasteiger partial charge on any atom is 0.323 e. The highest BCUT2D eigenvalue weighted by molar-refractivity contribution is 5.73. The van der Waals surface area contributed by atoms with E-state index in [4.69, 9.17) is 9.84 Å². The predicted octanol–water partition coefficient (Wildman–Crippen LogP) is 1.81. The second-order valence-electron chi connectivity index (χ2n) is 5.05. The van der Waals surface area contributed by atoms with E-state index in [1.807, 2.05) is 27.7 Å². The van der Waals surface area contributed by atoms with Crippen molar-refractivity contribution in [3.05, 3.63) is 12.4 Å². The fourth-order valence-electron chi connectivity index (χ4n) is 1.63. The van der Waals surface area contributed by atoms with Gasteiger partial charge >= 0.3 is 5.97 Å². The van der Waals surface area contributed by atoms with Gasteiger partial charge in [-0.1, -0.05) is 13.8 Å². The smallest absolute Gasteiger partial charge is 0.323 e. The van der Waals surface area contributed by atoms with E-state index in [0.717, 1.165) is 0 Å². The summed E-state index contributed by atoms with van der Waals surface area (Å²) in [5, 5.41) is 8.95. The number of hydrogen-bond donors (Lipinski definition) is 1. The Morgan fingerprint density at radius 2 is 2.05 bits per heavy atom. The fourth-order valence-corrected chi connectivity index (χ4v) is 1.63. The van der Waals surface area contributed by atoms with Crippen LogP contribution >= 0.6 is 0 Å². The Bertz CT molecular complexity index is 421. The van der Waals surface area contributed by atoms with Gasteiger partial charge in [-0.15, -0.1) is 0 Å². The van der Waals surface area contributed by atoms with Crippen LogP contribution in [0.3, 0.4) is 0 Å². The summed E-state index contributed by atoms with van der Waals surface area (Å²) < 4.78 is 5.47. The number of nitrogens with zero attached hydrogens (tertiary/aromatic N) is 3. The predicted molar refractivity (Wildman–Crippen MR) is 72.5 cm³/mol. The molecule has 0 amide bonds. The van der Waals surface area contributed by atoms with Crippen molar-refractivity contribution in [2.45, 2.75) is 33.8 Å². The van der Waals surface area contributed by atoms with Gasteiger partial charge in [-0.2, -0.15) is 4.98 Å². The largest absolute Gasteiger partial charge is 0.480 e. The molecular formula is C13H21N3O3. The molecule has 1 aromatic heterocycles. The molecule has 19 heavy (non-hydrogen) atoms. The zero-order chi connectivity index (χ0) is 14.4. The molecule has 0 aliphatic heterocycles. The number of ether oxygens (including phenoxy) is 1. The van der Waals surface area contributed by atoms with Crippen LogP contribution in [0.4, 0.5) is 5.82 Å². The average molecular weight is 267 g/mol. The van der Waals surface area contributed by atoms with E-state index in [2.05, 4.69) is 9.97 Å². The first-order valence-corrected chi connectivity index (χ1v) is 6.34. The summed E-state index contributed by atoms with van der Waals surface area (Å²) in [5.41, 5.74) is 0. The lowest BCUT2D eigenvalue weighted by molar-refractivity contribution is -0.135. The van der Waals surface area contributed by atoms with Crippen LogP contribution in [0.5, 0.6) is 5.88 Å². The van der Waals surface area contributed by atoms with Crippen LogP contribution in [0.2, 0.25) is 0 Å². The summed E-state index contributed by atoms with van der Waals surface area (Å²) in [6.07, 6.45) is 3.08. The Morgan fingerprint density at radius 1 is 1.37 bits per heavy atom. The lowest BCUT2D eigenvalue weighted by Gasteiger charge is -2.23. The Kier molecular flexibility index (Phi) is 5.54. The second kappa shape index (κ2) is 6.92. The summed E-state index contributed by atoms with van der Waals surface area (Å²) in [6.45, 7) is 8.35. The van der Waals surface area contributed by atoms with Crippen LogP contribution in [0.15, 0.2) is 12.4 Å². The van der Waals surface area contributed by atoms with Crippen LogP contribution in [0, 0.1) is 5.92 Å². The molecule has 0 aliphatic rings. The molecule has 106 valence electrons. The zero-order valence-corrected chi connectivity index (χ0v) is 11.8. The van der Waals surface area contributed by atoms with Gasteiger partial charge in [0.05, 0.1) is 18.5 Å². The highest BCUT2D eigenvalue weighted by Gasteiger charge is 2.15. The lowest BCUT2D eigenvalue weighted by Crippen LogP contribution is -2.33. The molecule has 6 heteroatoms. The first-order chi connectivity index (χ1) is 8.88. The Hall–Kier alpha value is -1.85. The number of rotatable bonds is 7. The number of carbonyl (C=O) groups is 1. The maximum absolute atomic E-state index is 10.9. The van der Waals surface area contributed by atoms with Crippen molar-refractivity contribution >= 4 is 11.8 Å². The first kappa shape index (κ1) is 15.2. The molecule has 0 unspecified atom stereocenters. The number of aromatic nitrogens is 2. The van der Waals surface area contributed by atoms with Crippen LogP contribution < -0.4 is 9.64 Å². The Balaban J connectivity index is 2.90. The summed E-state index contributed by atoms with van der Waals surface area (Å²) in [5.74, 6) is 0.370. The van der Waals surface area contributed by atoms with E-state index in [-0.39, 0.29) is 12.6 Å². The third kappa shape index (κ3) is 5.54. The molecule has 0 spiro atoms. The van der Waals surface area contributed by atoms with Gasteiger partial charge in [0.2, 0.25) is 5.88 Å². The Morgan fingerprint density at radius 3 is 2.58 bits per heavy atom.